The summed E-state index contributed by atoms with van der Waals surface area (Å²) in [7, 11) is -11.1. The molecule has 0 aliphatic heterocycles. The van der Waals surface area contributed by atoms with Gasteiger partial charge in [0.1, 0.15) is 12.2 Å². The second kappa shape index (κ2) is 17.2. The number of ether oxygens (including phenoxy) is 2. The number of carbonyl (C=O) groups excluding carboxylic acids is 2. The number of sulfone groups is 1. The molecule has 0 aromatic heterocycles. The van der Waals surface area contributed by atoms with E-state index in [1.165, 1.54) is 0 Å². The molecule has 5 fully saturated rings. The van der Waals surface area contributed by atoms with Crippen LogP contribution in [0, 0.1) is 23.7 Å². The molecule has 0 N–H and O–H groups in total. The van der Waals surface area contributed by atoms with E-state index in [1.807, 2.05) is 60.7 Å². The molecule has 0 amide bonds. The van der Waals surface area contributed by atoms with Crippen LogP contribution >= 0.6 is 10.3 Å². The van der Waals surface area contributed by atoms with Gasteiger partial charge in [0.2, 0.25) is 0 Å². The molecule has 5 saturated carbocycles. The predicted molar refractivity (Wildman–Crippen MR) is 219 cm³/mol. The van der Waals surface area contributed by atoms with Gasteiger partial charge in [-0.3, -0.25) is 9.59 Å². The van der Waals surface area contributed by atoms with Crippen LogP contribution in [0.5, 0.6) is 0 Å². The van der Waals surface area contributed by atoms with Crippen LogP contribution in [0.25, 0.3) is 0 Å². The zero-order valence-corrected chi connectivity index (χ0v) is 35.1. The highest BCUT2D eigenvalue weighted by Crippen LogP contribution is 2.71. The van der Waals surface area contributed by atoms with E-state index in [0.29, 0.717) is 33.9 Å². The first-order valence-electron chi connectivity index (χ1n) is 21.2. The van der Waals surface area contributed by atoms with E-state index in [0.717, 1.165) is 83.5 Å². The molecule has 5 aliphatic rings. The number of rotatable bonds is 12. The third kappa shape index (κ3) is 8.22. The average Bonchev–Trinajstić information content (AvgIpc) is 3.86. The van der Waals surface area contributed by atoms with E-state index in [4.69, 9.17) is 13.1 Å². The van der Waals surface area contributed by atoms with Gasteiger partial charge < -0.3 is 9.47 Å². The van der Waals surface area contributed by atoms with Gasteiger partial charge in [-0.25, -0.2) is 12.0 Å². The van der Waals surface area contributed by atoms with Crippen molar-refractivity contribution in [1.82, 2.24) is 0 Å². The molecule has 0 saturated heterocycles. The van der Waals surface area contributed by atoms with Gasteiger partial charge >= 0.3 is 11.9 Å². The van der Waals surface area contributed by atoms with Crippen LogP contribution in [0.3, 0.4) is 0 Å². The molecule has 9 nitrogen and oxygen atoms in total. The molecule has 3 aromatic rings. The fraction of sp³-hybridized carbons (Fsp3) is 0.556. The van der Waals surface area contributed by atoms with Crippen molar-refractivity contribution < 1.29 is 39.5 Å². The molecule has 0 spiro atoms. The number of hydrogen-bond acceptors (Lipinski definition) is 9. The largest absolute Gasteiger partial charge is 0.462 e. The van der Waals surface area contributed by atoms with Crippen LogP contribution in [0.1, 0.15) is 109 Å². The van der Waals surface area contributed by atoms with E-state index in [1.54, 1.807) is 24.3 Å². The summed E-state index contributed by atoms with van der Waals surface area (Å²) in [5, 5.41) is -1.50. The molecule has 8 rings (SSSR count). The Morgan fingerprint density at radius 1 is 0.491 bits per heavy atom. The molecule has 308 valence electrons. The van der Waals surface area contributed by atoms with Gasteiger partial charge in [0.05, 0.1) is 27.2 Å². The Balaban J connectivity index is 1.15. The Kier molecular flexibility index (Phi) is 12.2. The molecular weight excluding hydrogens is 781 g/mol. The molecule has 5 aliphatic carbocycles. The van der Waals surface area contributed by atoms with Crippen LogP contribution < -0.4 is 0 Å². The Labute approximate surface area is 340 Å². The Hall–Kier alpha value is -3.19. The summed E-state index contributed by atoms with van der Waals surface area (Å²) < 4.78 is 76.9. The van der Waals surface area contributed by atoms with Crippen molar-refractivity contribution in [2.24, 2.45) is 23.7 Å². The minimum absolute atomic E-state index is 0.169. The van der Waals surface area contributed by atoms with E-state index in [9.17, 15) is 18.0 Å². The van der Waals surface area contributed by atoms with Crippen molar-refractivity contribution >= 4 is 42.2 Å². The van der Waals surface area contributed by atoms with Gasteiger partial charge in [-0.2, -0.15) is 8.42 Å². The third-order valence-corrected chi connectivity index (χ3v) is 21.3. The number of fused-ring (bicyclic) bond motifs is 2. The highest BCUT2D eigenvalue weighted by atomic mass is 32.3. The fourth-order valence-electron chi connectivity index (χ4n) is 10.5. The van der Waals surface area contributed by atoms with E-state index < -0.39 is 70.5 Å². The average molecular weight is 837 g/mol. The maximum atomic E-state index is 15.2. The minimum Gasteiger partial charge on any atom is -0.462 e. The van der Waals surface area contributed by atoms with Crippen molar-refractivity contribution in [3.63, 3.8) is 0 Å². The third-order valence-electron chi connectivity index (χ3n) is 13.4. The molecule has 3 aromatic carbocycles. The van der Waals surface area contributed by atoms with Gasteiger partial charge in [-0.05, 0) is 148 Å². The highest BCUT2D eigenvalue weighted by Gasteiger charge is 2.63. The highest BCUT2D eigenvalue weighted by molar-refractivity contribution is 8.33. The molecule has 0 radical (unpaired) electrons. The smallest absolute Gasteiger partial charge is 0.310 e. The first-order chi connectivity index (χ1) is 27.6. The number of hydrogen-bond donors (Lipinski definition) is 0. The SMILES string of the molecule is O=C(OC1CCCCC1)C1C2CC(C1C(=O)OC1CCCCC1)C(S(=O)(=O)OS(c1ccccc1)(c1ccccc1)c1ccc(S(=O)(=O)C3CCCCC3)cc1)C2. The lowest BCUT2D eigenvalue weighted by atomic mass is 9.78. The number of esters is 2. The molecule has 2 bridgehead atoms. The summed E-state index contributed by atoms with van der Waals surface area (Å²) >= 11 is 0. The second-order valence-corrected chi connectivity index (χ2v) is 23.8. The predicted octanol–water partition coefficient (Wildman–Crippen LogP) is 9.73. The first kappa shape index (κ1) is 40.6. The quantitative estimate of drug-likeness (QED) is 0.164. The second-order valence-electron chi connectivity index (χ2n) is 16.9. The zero-order chi connectivity index (χ0) is 39.6. The molecule has 12 heteroatoms. The van der Waals surface area contributed by atoms with Gasteiger partial charge in [0.25, 0.3) is 10.1 Å². The zero-order valence-electron chi connectivity index (χ0n) is 32.6. The Bertz CT molecular complexity index is 2030. The van der Waals surface area contributed by atoms with Crippen molar-refractivity contribution in [2.45, 2.75) is 151 Å². The van der Waals surface area contributed by atoms with E-state index in [2.05, 4.69) is 0 Å². The lowest BCUT2D eigenvalue weighted by Gasteiger charge is -2.41. The van der Waals surface area contributed by atoms with E-state index in [-0.39, 0.29) is 29.4 Å². The summed E-state index contributed by atoms with van der Waals surface area (Å²) in [4.78, 5) is 30.3. The van der Waals surface area contributed by atoms with Gasteiger partial charge in [-0.1, -0.05) is 68.5 Å². The summed E-state index contributed by atoms with van der Waals surface area (Å²) in [6.45, 7) is 0. The number of carbonyl (C=O) groups is 2. The Morgan fingerprint density at radius 3 is 1.44 bits per heavy atom. The van der Waals surface area contributed by atoms with Crippen molar-refractivity contribution in [3.05, 3.63) is 84.9 Å². The summed E-state index contributed by atoms with van der Waals surface area (Å²) in [6, 6.07) is 25.1. The maximum Gasteiger partial charge on any atom is 0.310 e. The summed E-state index contributed by atoms with van der Waals surface area (Å²) in [6.07, 6.45) is 13.4. The maximum absolute atomic E-state index is 15.2. The first-order valence-corrected chi connectivity index (χ1v) is 25.8. The number of benzene rings is 3. The van der Waals surface area contributed by atoms with Crippen LogP contribution in [0.15, 0.2) is 105 Å². The standard InChI is InChI=1S/C45H56O9S3/c46-44(52-33-16-6-1-7-17-33)42-32-30-40(43(42)45(47)53-34-18-8-2-9-19-34)41(31-32)57(50,51)54-55(35-20-10-3-11-21-35,36-22-12-4-13-23-36)37-26-28-39(29-27-37)56(48,49)38-24-14-5-15-25-38/h3-4,10-13,20-23,26-29,32-34,38,40-43H,1-2,5-9,14-19,24-25,30-31H2. The van der Waals surface area contributed by atoms with Crippen molar-refractivity contribution in [1.29, 1.82) is 0 Å². The summed E-state index contributed by atoms with van der Waals surface area (Å²) in [5.41, 5.74) is 0. The van der Waals surface area contributed by atoms with Crippen LogP contribution in [-0.2, 0) is 42.6 Å². The Morgan fingerprint density at radius 2 is 0.930 bits per heavy atom. The van der Waals surface area contributed by atoms with Gasteiger partial charge in [0.15, 0.2) is 9.84 Å². The molecule has 57 heavy (non-hydrogen) atoms. The van der Waals surface area contributed by atoms with Gasteiger partial charge in [-0.15, -0.1) is 0 Å². The molecule has 0 heterocycles. The molecule has 5 atom stereocenters. The van der Waals surface area contributed by atoms with Crippen LogP contribution in [0.4, 0.5) is 0 Å². The summed E-state index contributed by atoms with van der Waals surface area (Å²) in [5.74, 6) is -3.69. The van der Waals surface area contributed by atoms with Gasteiger partial charge in [0, 0.05) is 14.7 Å². The van der Waals surface area contributed by atoms with E-state index >= 15 is 8.42 Å². The van der Waals surface area contributed by atoms with Crippen LogP contribution in [-0.4, -0.2) is 51.5 Å². The lowest BCUT2D eigenvalue weighted by molar-refractivity contribution is -0.170. The van der Waals surface area contributed by atoms with Crippen LogP contribution in [0.2, 0.25) is 0 Å². The topological polar surface area (TPSA) is 130 Å². The monoisotopic (exact) mass is 836 g/mol. The van der Waals surface area contributed by atoms with Crippen molar-refractivity contribution in [3.8, 4) is 0 Å². The normalized spacial score (nSPS) is 26.8. The minimum atomic E-state index is -4.47. The molecule has 5 unspecified atom stereocenters. The molecular formula is C45H56O9S3. The lowest BCUT2D eigenvalue weighted by Crippen LogP contribution is -2.46. The van der Waals surface area contributed by atoms with Crippen molar-refractivity contribution in [2.75, 3.05) is 0 Å². The fourth-order valence-corrected chi connectivity index (χ4v) is 18.4.